The van der Waals surface area contributed by atoms with E-state index < -0.39 is 0 Å². The Morgan fingerprint density at radius 1 is 1.14 bits per heavy atom. The average Bonchev–Trinajstić information content (AvgIpc) is 2.46. The second-order valence-corrected chi connectivity index (χ2v) is 5.42. The van der Waals surface area contributed by atoms with Gasteiger partial charge in [-0.3, -0.25) is 0 Å². The number of anilines is 3. The van der Waals surface area contributed by atoms with Crippen molar-refractivity contribution in [2.75, 3.05) is 37.8 Å². The molecule has 0 aliphatic rings. The monoisotopic (exact) mass is 305 g/mol. The Kier molecular flexibility index (Phi) is 5.78. The molecule has 0 atom stereocenters. The van der Waals surface area contributed by atoms with Gasteiger partial charge in [-0.25, -0.2) is 4.98 Å². The summed E-state index contributed by atoms with van der Waals surface area (Å²) in [5.41, 5.74) is 0.907. The van der Waals surface area contributed by atoms with Crippen molar-refractivity contribution in [2.24, 2.45) is 0 Å². The van der Waals surface area contributed by atoms with Crippen LogP contribution in [-0.2, 0) is 0 Å². The Bertz CT molecular complexity index is 556. The van der Waals surface area contributed by atoms with E-state index in [0.717, 1.165) is 31.0 Å². The Hall–Kier alpha value is -1.85. The predicted octanol–water partition coefficient (Wildman–Crippen LogP) is 3.24. The van der Waals surface area contributed by atoms with Gasteiger partial charge < -0.3 is 15.5 Å². The Balaban J connectivity index is 1.89. The zero-order valence-electron chi connectivity index (χ0n) is 12.3. The Morgan fingerprint density at radius 2 is 1.90 bits per heavy atom. The fourth-order valence-corrected chi connectivity index (χ4v) is 1.92. The maximum atomic E-state index is 5.86. The Labute approximate surface area is 130 Å². The first-order valence-electron chi connectivity index (χ1n) is 6.88. The molecule has 0 aliphatic heterocycles. The van der Waals surface area contributed by atoms with Gasteiger partial charge in [0.2, 0.25) is 5.95 Å². The van der Waals surface area contributed by atoms with Crippen molar-refractivity contribution in [3.05, 3.63) is 41.6 Å². The smallest absolute Gasteiger partial charge is 0.229 e. The predicted molar refractivity (Wildman–Crippen MR) is 88.4 cm³/mol. The van der Waals surface area contributed by atoms with Gasteiger partial charge in [-0.2, -0.15) is 4.98 Å². The molecule has 2 aromatic rings. The van der Waals surface area contributed by atoms with Crippen molar-refractivity contribution in [1.82, 2.24) is 14.9 Å². The van der Waals surface area contributed by atoms with Crippen LogP contribution in [0.15, 0.2) is 36.5 Å². The summed E-state index contributed by atoms with van der Waals surface area (Å²) in [6.07, 6.45) is 2.80. The van der Waals surface area contributed by atoms with E-state index in [9.17, 15) is 0 Å². The third-order valence-electron chi connectivity index (χ3n) is 2.84. The normalized spacial score (nSPS) is 10.7. The van der Waals surface area contributed by atoms with Crippen LogP contribution >= 0.6 is 11.6 Å². The van der Waals surface area contributed by atoms with Gasteiger partial charge in [0, 0.05) is 23.5 Å². The average molecular weight is 306 g/mol. The van der Waals surface area contributed by atoms with Crippen molar-refractivity contribution in [1.29, 1.82) is 0 Å². The van der Waals surface area contributed by atoms with E-state index in [1.165, 1.54) is 0 Å². The number of aromatic nitrogens is 2. The molecule has 0 unspecified atom stereocenters. The first kappa shape index (κ1) is 15.5. The van der Waals surface area contributed by atoms with Crippen LogP contribution in [-0.4, -0.2) is 42.1 Å². The molecule has 0 bridgehead atoms. The topological polar surface area (TPSA) is 53.1 Å². The van der Waals surface area contributed by atoms with Gasteiger partial charge in [0.25, 0.3) is 0 Å². The second-order valence-electron chi connectivity index (χ2n) is 4.98. The van der Waals surface area contributed by atoms with Gasteiger partial charge in [0.15, 0.2) is 0 Å². The number of rotatable bonds is 7. The molecule has 2 N–H and O–H groups in total. The molecular formula is C15H20ClN5. The van der Waals surface area contributed by atoms with Crippen LogP contribution in [0.4, 0.5) is 17.5 Å². The molecule has 5 nitrogen and oxygen atoms in total. The van der Waals surface area contributed by atoms with E-state index in [4.69, 9.17) is 11.6 Å². The van der Waals surface area contributed by atoms with E-state index in [-0.39, 0.29) is 0 Å². The number of nitrogens with zero attached hydrogens (tertiary/aromatic N) is 3. The van der Waals surface area contributed by atoms with E-state index in [2.05, 4.69) is 39.6 Å². The number of nitrogens with one attached hydrogen (secondary N) is 2. The third kappa shape index (κ3) is 5.57. The van der Waals surface area contributed by atoms with Crippen LogP contribution in [0.2, 0.25) is 5.02 Å². The van der Waals surface area contributed by atoms with Crippen LogP contribution in [0.25, 0.3) is 0 Å². The van der Waals surface area contributed by atoms with Gasteiger partial charge in [0.1, 0.15) is 5.82 Å². The number of halogens is 1. The molecule has 1 heterocycles. The van der Waals surface area contributed by atoms with Crippen molar-refractivity contribution in [3.63, 3.8) is 0 Å². The third-order valence-corrected chi connectivity index (χ3v) is 3.10. The molecule has 0 saturated carbocycles. The number of hydrogen-bond donors (Lipinski definition) is 2. The van der Waals surface area contributed by atoms with E-state index in [1.807, 2.05) is 30.3 Å². The number of hydrogen-bond acceptors (Lipinski definition) is 5. The second kappa shape index (κ2) is 7.81. The van der Waals surface area contributed by atoms with Crippen LogP contribution in [0.3, 0.4) is 0 Å². The molecule has 0 saturated heterocycles. The molecule has 112 valence electrons. The van der Waals surface area contributed by atoms with Crippen molar-refractivity contribution >= 4 is 29.1 Å². The SMILES string of the molecule is CN(C)CCCNc1ccnc(Nc2ccc(Cl)cc2)n1. The quantitative estimate of drug-likeness (QED) is 0.769. The van der Waals surface area contributed by atoms with Gasteiger partial charge >= 0.3 is 0 Å². The summed E-state index contributed by atoms with van der Waals surface area (Å²) in [7, 11) is 4.14. The summed E-state index contributed by atoms with van der Waals surface area (Å²) in [6.45, 7) is 1.93. The first-order valence-corrected chi connectivity index (χ1v) is 7.25. The van der Waals surface area contributed by atoms with Gasteiger partial charge in [-0.1, -0.05) is 11.6 Å². The van der Waals surface area contributed by atoms with Crippen LogP contribution in [0, 0.1) is 0 Å². The zero-order chi connectivity index (χ0) is 15.1. The lowest BCUT2D eigenvalue weighted by Crippen LogP contribution is -2.16. The molecular weight excluding hydrogens is 286 g/mol. The highest BCUT2D eigenvalue weighted by molar-refractivity contribution is 6.30. The van der Waals surface area contributed by atoms with Crippen molar-refractivity contribution in [2.45, 2.75) is 6.42 Å². The minimum absolute atomic E-state index is 0.565. The molecule has 0 radical (unpaired) electrons. The summed E-state index contributed by atoms with van der Waals surface area (Å²) in [4.78, 5) is 10.8. The standard InChI is InChI=1S/C15H20ClN5/c1-21(2)11-3-9-17-14-8-10-18-15(20-14)19-13-6-4-12(16)5-7-13/h4-8,10H,3,9,11H2,1-2H3,(H2,17,18,19,20). The van der Waals surface area contributed by atoms with Crippen LogP contribution in [0.5, 0.6) is 0 Å². The maximum absolute atomic E-state index is 5.86. The molecule has 0 amide bonds. The highest BCUT2D eigenvalue weighted by Gasteiger charge is 2.00. The molecule has 1 aromatic carbocycles. The summed E-state index contributed by atoms with van der Waals surface area (Å²) in [6, 6.07) is 9.30. The van der Waals surface area contributed by atoms with Gasteiger partial charge in [-0.05, 0) is 57.4 Å². The van der Waals surface area contributed by atoms with E-state index in [1.54, 1.807) is 6.20 Å². The van der Waals surface area contributed by atoms with Crippen LogP contribution < -0.4 is 10.6 Å². The maximum Gasteiger partial charge on any atom is 0.229 e. The largest absolute Gasteiger partial charge is 0.370 e. The van der Waals surface area contributed by atoms with Crippen LogP contribution in [0.1, 0.15) is 6.42 Å². The summed E-state index contributed by atoms with van der Waals surface area (Å²) in [5.74, 6) is 1.38. The lowest BCUT2D eigenvalue weighted by Gasteiger charge is -2.11. The lowest BCUT2D eigenvalue weighted by atomic mass is 10.3. The summed E-state index contributed by atoms with van der Waals surface area (Å²) < 4.78 is 0. The first-order chi connectivity index (χ1) is 10.1. The van der Waals surface area contributed by atoms with E-state index >= 15 is 0 Å². The molecule has 6 heteroatoms. The minimum Gasteiger partial charge on any atom is -0.370 e. The Morgan fingerprint density at radius 3 is 2.62 bits per heavy atom. The van der Waals surface area contributed by atoms with Crippen molar-refractivity contribution in [3.8, 4) is 0 Å². The minimum atomic E-state index is 0.565. The van der Waals surface area contributed by atoms with E-state index in [0.29, 0.717) is 11.0 Å². The van der Waals surface area contributed by atoms with Crippen molar-refractivity contribution < 1.29 is 0 Å². The number of benzene rings is 1. The molecule has 21 heavy (non-hydrogen) atoms. The molecule has 0 spiro atoms. The fourth-order valence-electron chi connectivity index (χ4n) is 1.79. The summed E-state index contributed by atoms with van der Waals surface area (Å²) >= 11 is 5.86. The highest BCUT2D eigenvalue weighted by atomic mass is 35.5. The van der Waals surface area contributed by atoms with Gasteiger partial charge in [-0.15, -0.1) is 0 Å². The molecule has 1 aromatic heterocycles. The summed E-state index contributed by atoms with van der Waals surface area (Å²) in [5, 5.41) is 7.15. The molecule has 2 rings (SSSR count). The van der Waals surface area contributed by atoms with Gasteiger partial charge in [0.05, 0.1) is 0 Å². The fraction of sp³-hybridized carbons (Fsp3) is 0.333. The zero-order valence-corrected chi connectivity index (χ0v) is 13.1. The molecule has 0 fully saturated rings. The highest BCUT2D eigenvalue weighted by Crippen LogP contribution is 2.17. The molecule has 0 aliphatic carbocycles. The lowest BCUT2D eigenvalue weighted by molar-refractivity contribution is 0.405.